The molecule has 4 rings (SSSR count). The van der Waals surface area contributed by atoms with E-state index in [9.17, 15) is 9.59 Å². The molecular weight excluding hydrogens is 324 g/mol. The molecule has 0 atom stereocenters. The van der Waals surface area contributed by atoms with Gasteiger partial charge in [-0.3, -0.25) is 9.59 Å². The van der Waals surface area contributed by atoms with E-state index in [0.29, 0.717) is 11.1 Å². The summed E-state index contributed by atoms with van der Waals surface area (Å²) in [5, 5.41) is 5.55. The third-order valence-electron chi connectivity index (χ3n) is 4.37. The van der Waals surface area contributed by atoms with Gasteiger partial charge < -0.3 is 0 Å². The molecule has 0 aliphatic heterocycles. The molecule has 4 aromatic rings. The van der Waals surface area contributed by atoms with Gasteiger partial charge in [0.05, 0.1) is 11.1 Å². The maximum absolute atomic E-state index is 12.5. The zero-order chi connectivity index (χ0) is 18.1. The second-order valence-electron chi connectivity index (χ2n) is 6.07. The monoisotopic (exact) mass is 340 g/mol. The van der Waals surface area contributed by atoms with E-state index >= 15 is 0 Å². The minimum Gasteiger partial charge on any atom is -0.273 e. The fourth-order valence-corrected chi connectivity index (χ4v) is 3.07. The van der Waals surface area contributed by atoms with Crippen molar-refractivity contribution >= 4 is 16.7 Å². The first kappa shape index (κ1) is 16.0. The third kappa shape index (κ3) is 2.71. The fraction of sp³-hybridized carbons (Fsp3) is 0.0455. The van der Waals surface area contributed by atoms with Crippen molar-refractivity contribution in [3.8, 4) is 22.4 Å². The normalized spacial score (nSPS) is 10.8. The van der Waals surface area contributed by atoms with Gasteiger partial charge in [-0.05, 0) is 17.2 Å². The van der Waals surface area contributed by atoms with Crippen LogP contribution in [0.5, 0.6) is 0 Å². The summed E-state index contributed by atoms with van der Waals surface area (Å²) in [5.41, 5.74) is 3.31. The van der Waals surface area contributed by atoms with Crippen molar-refractivity contribution in [2.45, 2.75) is 6.92 Å². The van der Waals surface area contributed by atoms with E-state index in [1.165, 1.54) is 6.92 Å². The molecule has 0 aliphatic carbocycles. The van der Waals surface area contributed by atoms with E-state index in [4.69, 9.17) is 0 Å². The molecule has 0 fully saturated rings. The highest BCUT2D eigenvalue weighted by atomic mass is 16.2. The van der Waals surface area contributed by atoms with E-state index in [-0.39, 0.29) is 0 Å². The number of rotatable bonds is 2. The Labute approximate surface area is 150 Å². The highest BCUT2D eigenvalue weighted by molar-refractivity contribution is 5.95. The Hall–Kier alpha value is -3.53. The van der Waals surface area contributed by atoms with Gasteiger partial charge in [-0.2, -0.15) is 9.78 Å². The van der Waals surface area contributed by atoms with Crippen LogP contribution in [0.15, 0.2) is 83.7 Å². The van der Waals surface area contributed by atoms with Crippen molar-refractivity contribution < 1.29 is 4.79 Å². The first-order valence-corrected chi connectivity index (χ1v) is 8.34. The topological polar surface area (TPSA) is 52.0 Å². The maximum atomic E-state index is 12.5. The molecule has 4 nitrogen and oxygen atoms in total. The minimum absolute atomic E-state index is 0.391. The average molecular weight is 340 g/mol. The van der Waals surface area contributed by atoms with Crippen molar-refractivity contribution in [3.05, 3.63) is 89.2 Å². The summed E-state index contributed by atoms with van der Waals surface area (Å²) in [4.78, 5) is 24.3. The molecule has 0 saturated heterocycles. The molecule has 126 valence electrons. The van der Waals surface area contributed by atoms with Crippen LogP contribution in [0, 0.1) is 0 Å². The Morgan fingerprint density at radius 1 is 0.731 bits per heavy atom. The molecule has 0 aliphatic rings. The Kier molecular flexibility index (Phi) is 3.93. The van der Waals surface area contributed by atoms with Gasteiger partial charge in [-0.1, -0.05) is 72.8 Å². The van der Waals surface area contributed by atoms with Crippen LogP contribution in [0.3, 0.4) is 0 Å². The molecule has 0 spiro atoms. The molecule has 0 N–H and O–H groups in total. The van der Waals surface area contributed by atoms with Crippen molar-refractivity contribution in [3.63, 3.8) is 0 Å². The van der Waals surface area contributed by atoms with Crippen LogP contribution >= 0.6 is 0 Å². The number of hydrogen-bond donors (Lipinski definition) is 0. The summed E-state index contributed by atoms with van der Waals surface area (Å²) in [7, 11) is 0. The Balaban J connectivity index is 1.90. The van der Waals surface area contributed by atoms with Crippen LogP contribution in [-0.2, 0) is 0 Å². The average Bonchev–Trinajstić information content (AvgIpc) is 2.69. The standard InChI is InChI=1S/C22H16N2O2/c1-15(25)24-22(26)20-10-6-5-9-19(20)21(23-24)18-13-11-17(12-14-18)16-7-3-2-4-8-16/h2-14H,1H3. The van der Waals surface area contributed by atoms with Crippen molar-refractivity contribution in [2.24, 2.45) is 0 Å². The molecule has 26 heavy (non-hydrogen) atoms. The predicted molar refractivity (Wildman–Crippen MR) is 103 cm³/mol. The second-order valence-corrected chi connectivity index (χ2v) is 6.07. The van der Waals surface area contributed by atoms with Gasteiger partial charge in [0.25, 0.3) is 5.56 Å². The molecule has 3 aromatic carbocycles. The Bertz CT molecular complexity index is 1160. The molecule has 0 bridgehead atoms. The van der Waals surface area contributed by atoms with Crippen LogP contribution in [0.25, 0.3) is 33.2 Å². The number of fused-ring (bicyclic) bond motifs is 1. The molecule has 4 heteroatoms. The summed E-state index contributed by atoms with van der Waals surface area (Å²) < 4.78 is 0.933. The molecule has 0 amide bonds. The summed E-state index contributed by atoms with van der Waals surface area (Å²) in [5.74, 6) is -0.400. The van der Waals surface area contributed by atoms with Crippen molar-refractivity contribution in [1.29, 1.82) is 0 Å². The number of benzene rings is 3. The molecule has 0 unspecified atom stereocenters. The number of nitrogens with zero attached hydrogens (tertiary/aromatic N) is 2. The quantitative estimate of drug-likeness (QED) is 0.544. The van der Waals surface area contributed by atoms with Crippen molar-refractivity contribution in [1.82, 2.24) is 9.78 Å². The first-order valence-electron chi connectivity index (χ1n) is 8.34. The number of carbonyl (C=O) groups is 1. The lowest BCUT2D eigenvalue weighted by atomic mass is 10.0. The van der Waals surface area contributed by atoms with Gasteiger partial charge in [0, 0.05) is 17.9 Å². The first-order chi connectivity index (χ1) is 12.6. The molecule has 1 heterocycles. The summed E-state index contributed by atoms with van der Waals surface area (Å²) in [6, 6.07) is 25.3. The van der Waals surface area contributed by atoms with Crippen LogP contribution in [-0.4, -0.2) is 15.7 Å². The highest BCUT2D eigenvalue weighted by Crippen LogP contribution is 2.27. The van der Waals surface area contributed by atoms with Crippen LogP contribution in [0.4, 0.5) is 0 Å². The summed E-state index contributed by atoms with van der Waals surface area (Å²) in [6.07, 6.45) is 0. The lowest BCUT2D eigenvalue weighted by Gasteiger charge is -2.10. The highest BCUT2D eigenvalue weighted by Gasteiger charge is 2.14. The van der Waals surface area contributed by atoms with E-state index in [0.717, 1.165) is 26.8 Å². The largest absolute Gasteiger partial charge is 0.281 e. The lowest BCUT2D eigenvalue weighted by molar-refractivity contribution is 0.0916. The van der Waals surface area contributed by atoms with Gasteiger partial charge in [-0.15, -0.1) is 0 Å². The predicted octanol–water partition coefficient (Wildman–Crippen LogP) is 4.39. The van der Waals surface area contributed by atoms with Gasteiger partial charge in [0.1, 0.15) is 0 Å². The molecule has 1 aromatic heterocycles. The summed E-state index contributed by atoms with van der Waals surface area (Å²) in [6.45, 7) is 1.34. The number of aromatic nitrogens is 2. The number of carbonyl (C=O) groups excluding carboxylic acids is 1. The van der Waals surface area contributed by atoms with E-state index in [2.05, 4.69) is 17.2 Å². The Morgan fingerprint density at radius 3 is 1.92 bits per heavy atom. The minimum atomic E-state index is -0.400. The maximum Gasteiger partial charge on any atom is 0.281 e. The van der Waals surface area contributed by atoms with Gasteiger partial charge >= 0.3 is 0 Å². The Morgan fingerprint density at radius 2 is 1.27 bits per heavy atom. The molecular formula is C22H16N2O2. The zero-order valence-electron chi connectivity index (χ0n) is 14.2. The molecule has 0 radical (unpaired) electrons. The van der Waals surface area contributed by atoms with Gasteiger partial charge in [-0.25, -0.2) is 0 Å². The zero-order valence-corrected chi connectivity index (χ0v) is 14.2. The van der Waals surface area contributed by atoms with E-state index in [1.54, 1.807) is 12.1 Å². The van der Waals surface area contributed by atoms with Gasteiger partial charge in [0.15, 0.2) is 0 Å². The van der Waals surface area contributed by atoms with Crippen molar-refractivity contribution in [2.75, 3.05) is 0 Å². The van der Waals surface area contributed by atoms with E-state index in [1.807, 2.05) is 54.6 Å². The third-order valence-corrected chi connectivity index (χ3v) is 4.37. The lowest BCUT2D eigenvalue weighted by Crippen LogP contribution is -2.28. The fourth-order valence-electron chi connectivity index (χ4n) is 3.07. The van der Waals surface area contributed by atoms with Gasteiger partial charge in [0.2, 0.25) is 5.91 Å². The molecule has 0 saturated carbocycles. The number of hydrogen-bond acceptors (Lipinski definition) is 3. The van der Waals surface area contributed by atoms with Crippen LogP contribution < -0.4 is 5.56 Å². The van der Waals surface area contributed by atoms with Crippen LogP contribution in [0.2, 0.25) is 0 Å². The smallest absolute Gasteiger partial charge is 0.273 e. The van der Waals surface area contributed by atoms with Crippen LogP contribution in [0.1, 0.15) is 11.7 Å². The summed E-state index contributed by atoms with van der Waals surface area (Å²) >= 11 is 0. The van der Waals surface area contributed by atoms with E-state index < -0.39 is 11.5 Å². The second kappa shape index (κ2) is 6.41. The SMILES string of the molecule is CC(=O)n1nc(-c2ccc(-c3ccccc3)cc2)c2ccccc2c1=O.